The Morgan fingerprint density at radius 3 is 2.70 bits per heavy atom. The van der Waals surface area contributed by atoms with Crippen molar-refractivity contribution < 1.29 is 9.53 Å². The largest absolute Gasteiger partial charge is 0.366 e. The van der Waals surface area contributed by atoms with Gasteiger partial charge in [-0.25, -0.2) is 0 Å². The number of carbonyl (C=O) groups is 1. The van der Waals surface area contributed by atoms with Gasteiger partial charge in [0.25, 0.3) is 0 Å². The van der Waals surface area contributed by atoms with Gasteiger partial charge in [-0.15, -0.1) is 0 Å². The molecule has 0 radical (unpaired) electrons. The summed E-state index contributed by atoms with van der Waals surface area (Å²) in [4.78, 5) is 11.6. The van der Waals surface area contributed by atoms with Crippen molar-refractivity contribution in [3.63, 3.8) is 0 Å². The molecule has 0 N–H and O–H groups in total. The predicted molar refractivity (Wildman–Crippen MR) is 81.1 cm³/mol. The van der Waals surface area contributed by atoms with E-state index in [1.807, 2.05) is 24.3 Å². The molecule has 2 aliphatic rings. The fourth-order valence-corrected chi connectivity index (χ4v) is 2.92. The van der Waals surface area contributed by atoms with E-state index in [-0.39, 0.29) is 17.3 Å². The van der Waals surface area contributed by atoms with Crippen molar-refractivity contribution in [2.24, 2.45) is 5.92 Å². The minimum Gasteiger partial charge on any atom is -0.366 e. The lowest BCUT2D eigenvalue weighted by atomic mass is 9.78. The molecule has 0 bridgehead atoms. The summed E-state index contributed by atoms with van der Waals surface area (Å²) in [6.45, 7) is 6.41. The minimum absolute atomic E-state index is 0.166. The van der Waals surface area contributed by atoms with Crippen LogP contribution in [0.1, 0.15) is 24.5 Å². The minimum atomic E-state index is -0.319. The average Bonchev–Trinajstić information content (AvgIpc) is 2.77. The Hall–Kier alpha value is -1.93. The Balaban J connectivity index is 1.90. The smallest absolute Gasteiger partial charge is 0.156 e. The summed E-state index contributed by atoms with van der Waals surface area (Å²) >= 11 is 0. The van der Waals surface area contributed by atoms with Crippen LogP contribution in [0.3, 0.4) is 0 Å². The first-order valence-electron chi connectivity index (χ1n) is 6.90. The zero-order chi connectivity index (χ0) is 14.2. The monoisotopic (exact) mass is 266 g/mol. The molecule has 2 atom stereocenters. The molecule has 1 saturated heterocycles. The zero-order valence-corrected chi connectivity index (χ0v) is 11.6. The quantitative estimate of drug-likeness (QED) is 0.816. The van der Waals surface area contributed by atoms with Gasteiger partial charge >= 0.3 is 0 Å². The number of fused-ring (bicyclic) bond motifs is 1. The second-order valence-electron chi connectivity index (χ2n) is 5.62. The van der Waals surface area contributed by atoms with Crippen LogP contribution in [0.25, 0.3) is 12.2 Å². The molecule has 1 aliphatic heterocycles. The van der Waals surface area contributed by atoms with Crippen molar-refractivity contribution in [2.45, 2.75) is 18.9 Å². The highest BCUT2D eigenvalue weighted by molar-refractivity contribution is 5.91. The van der Waals surface area contributed by atoms with Crippen molar-refractivity contribution in [3.8, 4) is 0 Å². The highest BCUT2D eigenvalue weighted by atomic mass is 16.5. The highest BCUT2D eigenvalue weighted by Crippen LogP contribution is 2.42. The molecule has 2 heteroatoms. The predicted octanol–water partition coefficient (Wildman–Crippen LogP) is 3.65. The molecule has 0 unspecified atom stereocenters. The van der Waals surface area contributed by atoms with Gasteiger partial charge in [0.15, 0.2) is 5.78 Å². The Morgan fingerprint density at radius 1 is 1.30 bits per heavy atom. The first-order chi connectivity index (χ1) is 9.60. The maximum atomic E-state index is 11.6. The number of hydrogen-bond acceptors (Lipinski definition) is 2. The lowest BCUT2D eigenvalue weighted by Gasteiger charge is -2.29. The van der Waals surface area contributed by atoms with E-state index in [9.17, 15) is 4.79 Å². The van der Waals surface area contributed by atoms with Crippen molar-refractivity contribution >= 4 is 17.9 Å². The number of carbonyl (C=O) groups excluding carboxylic acids is 1. The fourth-order valence-electron chi connectivity index (χ4n) is 2.92. The molecular weight excluding hydrogens is 248 g/mol. The number of rotatable bonds is 2. The van der Waals surface area contributed by atoms with Gasteiger partial charge in [-0.1, -0.05) is 43.0 Å². The molecule has 1 aromatic rings. The van der Waals surface area contributed by atoms with Gasteiger partial charge in [-0.2, -0.15) is 0 Å². The van der Waals surface area contributed by atoms with E-state index >= 15 is 0 Å². The van der Waals surface area contributed by atoms with Gasteiger partial charge in [-0.05, 0) is 35.8 Å². The van der Waals surface area contributed by atoms with Crippen LogP contribution in [0.2, 0.25) is 0 Å². The number of ether oxygens (including phenoxy) is 1. The Labute approximate surface area is 119 Å². The van der Waals surface area contributed by atoms with Crippen LogP contribution in [0, 0.1) is 5.92 Å². The molecule has 2 nitrogen and oxygen atoms in total. The second kappa shape index (κ2) is 4.88. The molecule has 1 fully saturated rings. The molecule has 1 heterocycles. The summed E-state index contributed by atoms with van der Waals surface area (Å²) < 4.78 is 5.90. The standard InChI is InChI=1S/C18H18O2/c1-3-13-4-6-14(7-5-13)10-15-12-20-18(2)9-8-16(19)11-17(15)18/h3-10,17H,1,11-12H2,2H3/b15-10-/t17-,18-/m1/s1. The number of ketones is 1. The molecule has 20 heavy (non-hydrogen) atoms. The molecule has 0 saturated carbocycles. The second-order valence-corrected chi connectivity index (χ2v) is 5.62. The van der Waals surface area contributed by atoms with Crippen molar-refractivity contribution in [2.75, 3.05) is 6.61 Å². The van der Waals surface area contributed by atoms with E-state index in [0.717, 1.165) is 11.1 Å². The van der Waals surface area contributed by atoms with E-state index in [4.69, 9.17) is 4.74 Å². The van der Waals surface area contributed by atoms with Crippen molar-refractivity contribution in [1.29, 1.82) is 0 Å². The number of allylic oxidation sites excluding steroid dienone is 1. The third-order valence-electron chi connectivity index (χ3n) is 4.22. The third-order valence-corrected chi connectivity index (χ3v) is 4.22. The van der Waals surface area contributed by atoms with E-state index in [2.05, 4.69) is 31.7 Å². The van der Waals surface area contributed by atoms with Crippen LogP contribution in [-0.2, 0) is 9.53 Å². The molecule has 0 aromatic heterocycles. The average molecular weight is 266 g/mol. The Bertz CT molecular complexity index is 607. The molecule has 3 rings (SSSR count). The SMILES string of the molecule is C=Cc1ccc(/C=C2/CO[C@]3(C)C=CC(=O)C[C@H]23)cc1. The summed E-state index contributed by atoms with van der Waals surface area (Å²) in [5, 5.41) is 0. The summed E-state index contributed by atoms with van der Waals surface area (Å²) in [6.07, 6.45) is 8.08. The van der Waals surface area contributed by atoms with E-state index in [1.165, 1.54) is 5.57 Å². The number of benzene rings is 1. The van der Waals surface area contributed by atoms with Crippen molar-refractivity contribution in [3.05, 3.63) is 59.7 Å². The molecule has 102 valence electrons. The third kappa shape index (κ3) is 2.27. The van der Waals surface area contributed by atoms with Crippen LogP contribution in [-0.4, -0.2) is 18.0 Å². The lowest BCUT2D eigenvalue weighted by molar-refractivity contribution is -0.117. The summed E-state index contributed by atoms with van der Waals surface area (Å²) in [7, 11) is 0. The van der Waals surface area contributed by atoms with Gasteiger partial charge in [-0.3, -0.25) is 4.79 Å². The molecular formula is C18H18O2. The first kappa shape index (κ1) is 13.1. The van der Waals surface area contributed by atoms with Crippen LogP contribution < -0.4 is 0 Å². The first-order valence-corrected chi connectivity index (χ1v) is 6.90. The summed E-state index contributed by atoms with van der Waals surface area (Å²) in [5.74, 6) is 0.352. The number of hydrogen-bond donors (Lipinski definition) is 0. The van der Waals surface area contributed by atoms with Crippen LogP contribution in [0.4, 0.5) is 0 Å². The van der Waals surface area contributed by atoms with Crippen molar-refractivity contribution in [1.82, 2.24) is 0 Å². The van der Waals surface area contributed by atoms with Gasteiger partial charge in [0.1, 0.15) is 0 Å². The Kier molecular flexibility index (Phi) is 3.19. The molecule has 0 spiro atoms. The maximum absolute atomic E-state index is 11.6. The maximum Gasteiger partial charge on any atom is 0.156 e. The van der Waals surface area contributed by atoms with Crippen LogP contribution in [0.15, 0.2) is 48.6 Å². The summed E-state index contributed by atoms with van der Waals surface area (Å²) in [6, 6.07) is 8.22. The van der Waals surface area contributed by atoms with Gasteiger partial charge in [0, 0.05) is 12.3 Å². The molecule has 1 aromatic carbocycles. The van der Waals surface area contributed by atoms with E-state index in [0.29, 0.717) is 13.0 Å². The molecule has 1 aliphatic carbocycles. The fraction of sp³-hybridized carbons (Fsp3) is 0.278. The topological polar surface area (TPSA) is 26.3 Å². The van der Waals surface area contributed by atoms with Gasteiger partial charge in [0.05, 0.1) is 12.2 Å². The normalized spacial score (nSPS) is 30.6. The van der Waals surface area contributed by atoms with E-state index < -0.39 is 0 Å². The lowest BCUT2D eigenvalue weighted by Crippen LogP contribution is -2.34. The molecule has 0 amide bonds. The van der Waals surface area contributed by atoms with Gasteiger partial charge < -0.3 is 4.74 Å². The van der Waals surface area contributed by atoms with E-state index in [1.54, 1.807) is 6.08 Å². The highest BCUT2D eigenvalue weighted by Gasteiger charge is 2.44. The van der Waals surface area contributed by atoms with Crippen LogP contribution >= 0.6 is 0 Å². The summed E-state index contributed by atoms with van der Waals surface area (Å²) in [5.41, 5.74) is 3.13. The Morgan fingerprint density at radius 2 is 2.00 bits per heavy atom. The van der Waals surface area contributed by atoms with Crippen LogP contribution in [0.5, 0.6) is 0 Å². The van der Waals surface area contributed by atoms with Gasteiger partial charge in [0.2, 0.25) is 0 Å². The zero-order valence-electron chi connectivity index (χ0n) is 11.6.